The maximum absolute atomic E-state index is 13.2. The van der Waals surface area contributed by atoms with Crippen LogP contribution in [0.15, 0.2) is 22.7 Å². The monoisotopic (exact) mass is 237 g/mol. The van der Waals surface area contributed by atoms with Gasteiger partial charge in [0.2, 0.25) is 0 Å². The molecule has 0 unspecified atom stereocenters. The maximum Gasteiger partial charge on any atom is 0.258 e. The van der Waals surface area contributed by atoms with Crippen LogP contribution < -0.4 is 10.1 Å². The summed E-state index contributed by atoms with van der Waals surface area (Å²) in [5.74, 6) is 0.612. The van der Waals surface area contributed by atoms with Crippen LogP contribution in [0.2, 0.25) is 0 Å². The van der Waals surface area contributed by atoms with Crippen molar-refractivity contribution in [1.82, 2.24) is 15.5 Å². The minimum atomic E-state index is -0.425. The highest BCUT2D eigenvalue weighted by atomic mass is 19.1. The molecule has 0 atom stereocenters. The highest BCUT2D eigenvalue weighted by molar-refractivity contribution is 5.55. The summed E-state index contributed by atoms with van der Waals surface area (Å²) >= 11 is 0. The molecule has 1 aromatic carbocycles. The van der Waals surface area contributed by atoms with Crippen molar-refractivity contribution in [2.75, 3.05) is 14.2 Å². The van der Waals surface area contributed by atoms with E-state index in [2.05, 4.69) is 15.5 Å². The van der Waals surface area contributed by atoms with Crippen LogP contribution in [-0.2, 0) is 6.54 Å². The van der Waals surface area contributed by atoms with Crippen LogP contribution in [0.1, 0.15) is 5.82 Å². The van der Waals surface area contributed by atoms with E-state index in [1.54, 1.807) is 13.1 Å². The standard InChI is InChI=1S/C11H12FN3O2/c1-13-6-10-14-11(17-15-10)7-3-4-8(12)9(5-7)16-2/h3-5,13H,6H2,1-2H3. The van der Waals surface area contributed by atoms with Gasteiger partial charge in [-0.2, -0.15) is 4.98 Å². The Kier molecular flexibility index (Phi) is 3.34. The SMILES string of the molecule is CNCc1noc(-c2ccc(F)c(OC)c2)n1. The zero-order chi connectivity index (χ0) is 12.3. The van der Waals surface area contributed by atoms with Crippen LogP contribution in [0.25, 0.3) is 11.5 Å². The molecule has 0 radical (unpaired) electrons. The molecule has 1 heterocycles. The number of nitrogens with zero attached hydrogens (tertiary/aromatic N) is 2. The molecule has 0 amide bonds. The first-order valence-electron chi connectivity index (χ1n) is 5.05. The van der Waals surface area contributed by atoms with E-state index in [4.69, 9.17) is 9.26 Å². The molecule has 17 heavy (non-hydrogen) atoms. The second-order valence-corrected chi connectivity index (χ2v) is 3.40. The van der Waals surface area contributed by atoms with Crippen LogP contribution in [0.3, 0.4) is 0 Å². The second kappa shape index (κ2) is 4.92. The Hall–Kier alpha value is -1.95. The molecule has 0 saturated heterocycles. The van der Waals surface area contributed by atoms with Gasteiger partial charge in [0.1, 0.15) is 0 Å². The van der Waals surface area contributed by atoms with E-state index in [-0.39, 0.29) is 5.75 Å². The Labute approximate surface area is 97.6 Å². The van der Waals surface area contributed by atoms with E-state index in [9.17, 15) is 4.39 Å². The van der Waals surface area contributed by atoms with Gasteiger partial charge in [-0.3, -0.25) is 0 Å². The van der Waals surface area contributed by atoms with Crippen molar-refractivity contribution in [2.24, 2.45) is 0 Å². The van der Waals surface area contributed by atoms with E-state index < -0.39 is 5.82 Å². The summed E-state index contributed by atoms with van der Waals surface area (Å²) in [6, 6.07) is 4.39. The second-order valence-electron chi connectivity index (χ2n) is 3.40. The van der Waals surface area contributed by atoms with Crippen LogP contribution in [0.5, 0.6) is 5.75 Å². The molecule has 0 bridgehead atoms. The fourth-order valence-corrected chi connectivity index (χ4v) is 1.39. The smallest absolute Gasteiger partial charge is 0.258 e. The minimum absolute atomic E-state index is 0.149. The molecule has 5 nitrogen and oxygen atoms in total. The van der Waals surface area contributed by atoms with Crippen molar-refractivity contribution < 1.29 is 13.7 Å². The number of rotatable bonds is 4. The first kappa shape index (κ1) is 11.5. The third kappa shape index (κ3) is 2.42. The molecule has 0 spiro atoms. The molecule has 0 saturated carbocycles. The summed E-state index contributed by atoms with van der Waals surface area (Å²) in [4.78, 5) is 4.16. The molecule has 0 aliphatic rings. The van der Waals surface area contributed by atoms with Crippen LogP contribution in [0.4, 0.5) is 4.39 Å². The number of benzene rings is 1. The third-order valence-corrected chi connectivity index (χ3v) is 2.20. The lowest BCUT2D eigenvalue weighted by atomic mass is 10.2. The number of aromatic nitrogens is 2. The maximum atomic E-state index is 13.2. The number of halogens is 1. The van der Waals surface area contributed by atoms with Crippen LogP contribution in [0, 0.1) is 5.82 Å². The molecule has 1 aromatic heterocycles. The van der Waals surface area contributed by atoms with E-state index in [1.807, 2.05) is 0 Å². The van der Waals surface area contributed by atoms with E-state index in [0.717, 1.165) is 0 Å². The van der Waals surface area contributed by atoms with Crippen molar-refractivity contribution in [3.63, 3.8) is 0 Å². The lowest BCUT2D eigenvalue weighted by Gasteiger charge is -2.02. The van der Waals surface area contributed by atoms with E-state index >= 15 is 0 Å². The van der Waals surface area contributed by atoms with Crippen molar-refractivity contribution in [3.05, 3.63) is 29.8 Å². The molecule has 0 aliphatic heterocycles. The summed E-state index contributed by atoms with van der Waals surface area (Å²) in [7, 11) is 3.19. The summed E-state index contributed by atoms with van der Waals surface area (Å²) in [5, 5.41) is 6.69. The normalized spacial score (nSPS) is 10.5. The van der Waals surface area contributed by atoms with Crippen LogP contribution in [-0.4, -0.2) is 24.3 Å². The van der Waals surface area contributed by atoms with Gasteiger partial charge in [0, 0.05) is 5.56 Å². The molecule has 90 valence electrons. The molecule has 2 aromatic rings. The predicted octanol–water partition coefficient (Wildman–Crippen LogP) is 1.60. The fourth-order valence-electron chi connectivity index (χ4n) is 1.39. The topological polar surface area (TPSA) is 60.2 Å². The first-order valence-corrected chi connectivity index (χ1v) is 5.05. The van der Waals surface area contributed by atoms with Crippen molar-refractivity contribution in [3.8, 4) is 17.2 Å². The molecular weight excluding hydrogens is 225 g/mol. The van der Waals surface area contributed by atoms with Gasteiger partial charge in [-0.25, -0.2) is 4.39 Å². The lowest BCUT2D eigenvalue weighted by Crippen LogP contribution is -2.06. The largest absolute Gasteiger partial charge is 0.494 e. The van der Waals surface area contributed by atoms with Gasteiger partial charge < -0.3 is 14.6 Å². The highest BCUT2D eigenvalue weighted by Crippen LogP contribution is 2.24. The fraction of sp³-hybridized carbons (Fsp3) is 0.273. The van der Waals surface area contributed by atoms with Gasteiger partial charge in [0.05, 0.1) is 13.7 Å². The molecule has 2 rings (SSSR count). The molecule has 1 N–H and O–H groups in total. The van der Waals surface area contributed by atoms with Gasteiger partial charge in [-0.05, 0) is 25.2 Å². The zero-order valence-corrected chi connectivity index (χ0v) is 9.53. The number of hydrogen-bond donors (Lipinski definition) is 1. The Balaban J connectivity index is 2.32. The minimum Gasteiger partial charge on any atom is -0.494 e. The average Bonchev–Trinajstić information content (AvgIpc) is 2.79. The van der Waals surface area contributed by atoms with Gasteiger partial charge in [0.15, 0.2) is 17.4 Å². The Bertz CT molecular complexity index is 513. The molecule has 0 aliphatic carbocycles. The summed E-state index contributed by atoms with van der Waals surface area (Å²) in [6.45, 7) is 0.516. The number of methoxy groups -OCH3 is 1. The van der Waals surface area contributed by atoms with Gasteiger partial charge >= 0.3 is 0 Å². The summed E-state index contributed by atoms with van der Waals surface area (Å²) in [5.41, 5.74) is 0.623. The summed E-state index contributed by atoms with van der Waals surface area (Å²) in [6.07, 6.45) is 0. The predicted molar refractivity (Wildman–Crippen MR) is 59.0 cm³/mol. The van der Waals surface area contributed by atoms with Gasteiger partial charge in [-0.15, -0.1) is 0 Å². The highest BCUT2D eigenvalue weighted by Gasteiger charge is 2.11. The number of hydrogen-bond acceptors (Lipinski definition) is 5. The molecular formula is C11H12FN3O2. The molecule has 0 fully saturated rings. The zero-order valence-electron chi connectivity index (χ0n) is 9.53. The van der Waals surface area contributed by atoms with Crippen molar-refractivity contribution in [1.29, 1.82) is 0 Å². The third-order valence-electron chi connectivity index (χ3n) is 2.20. The first-order chi connectivity index (χ1) is 8.24. The Morgan fingerprint density at radius 2 is 2.29 bits per heavy atom. The van der Waals surface area contributed by atoms with Crippen LogP contribution >= 0.6 is 0 Å². The van der Waals surface area contributed by atoms with Gasteiger partial charge in [-0.1, -0.05) is 5.16 Å². The summed E-state index contributed by atoms with van der Waals surface area (Å²) < 4.78 is 23.2. The average molecular weight is 237 g/mol. The van der Waals surface area contributed by atoms with E-state index in [0.29, 0.717) is 23.8 Å². The van der Waals surface area contributed by atoms with Gasteiger partial charge in [0.25, 0.3) is 5.89 Å². The van der Waals surface area contributed by atoms with Crippen molar-refractivity contribution >= 4 is 0 Å². The number of ether oxygens (including phenoxy) is 1. The quantitative estimate of drug-likeness (QED) is 0.875. The molecule has 6 heteroatoms. The Morgan fingerprint density at radius 1 is 1.47 bits per heavy atom. The Morgan fingerprint density at radius 3 is 3.00 bits per heavy atom. The lowest BCUT2D eigenvalue weighted by molar-refractivity contribution is 0.386. The number of nitrogens with one attached hydrogen (secondary N) is 1. The van der Waals surface area contributed by atoms with Crippen molar-refractivity contribution in [2.45, 2.75) is 6.54 Å². The van der Waals surface area contributed by atoms with E-state index in [1.165, 1.54) is 19.2 Å².